The first-order valence-electron chi connectivity index (χ1n) is 7.53. The molecule has 20 heavy (non-hydrogen) atoms. The molecule has 2 heterocycles. The van der Waals surface area contributed by atoms with Gasteiger partial charge in [0.25, 0.3) is 0 Å². The van der Waals surface area contributed by atoms with Crippen molar-refractivity contribution in [2.24, 2.45) is 5.92 Å². The highest BCUT2D eigenvalue weighted by molar-refractivity contribution is 9.10. The molecule has 0 aliphatic carbocycles. The molecule has 2 atom stereocenters. The zero-order valence-corrected chi connectivity index (χ0v) is 13.6. The number of piperidine rings is 1. The number of nitrogens with zero attached hydrogens (tertiary/aromatic N) is 1. The average Bonchev–Trinajstić information content (AvgIpc) is 2.65. The van der Waals surface area contributed by atoms with E-state index in [0.29, 0.717) is 5.75 Å². The third kappa shape index (κ3) is 3.02. The van der Waals surface area contributed by atoms with Gasteiger partial charge in [0.05, 0.1) is 4.47 Å². The van der Waals surface area contributed by atoms with E-state index >= 15 is 0 Å². The number of hydrogen-bond donors (Lipinski definition) is 2. The molecule has 0 amide bonds. The summed E-state index contributed by atoms with van der Waals surface area (Å²) < 4.78 is 0.772. The molecule has 2 unspecified atom stereocenters. The summed E-state index contributed by atoms with van der Waals surface area (Å²) in [5.41, 5.74) is 1.21. The minimum atomic E-state index is 0.306. The Morgan fingerprint density at radius 2 is 2.00 bits per heavy atom. The van der Waals surface area contributed by atoms with E-state index in [1.165, 1.54) is 31.2 Å². The van der Waals surface area contributed by atoms with Gasteiger partial charge in [0.15, 0.2) is 0 Å². The number of fused-ring (bicyclic) bond motifs is 2. The van der Waals surface area contributed by atoms with Crippen LogP contribution in [0.1, 0.15) is 31.2 Å². The summed E-state index contributed by atoms with van der Waals surface area (Å²) in [7, 11) is 2.29. The molecule has 3 rings (SSSR count). The number of hydrogen-bond acceptors (Lipinski definition) is 3. The Bertz CT molecular complexity index is 466. The van der Waals surface area contributed by atoms with E-state index in [2.05, 4.69) is 33.2 Å². The first-order chi connectivity index (χ1) is 9.63. The van der Waals surface area contributed by atoms with E-state index in [1.54, 1.807) is 6.07 Å². The van der Waals surface area contributed by atoms with Crippen LogP contribution in [0.25, 0.3) is 0 Å². The maximum Gasteiger partial charge on any atom is 0.129 e. The number of phenolic OH excluding ortho intramolecular Hbond substituents is 1. The summed E-state index contributed by atoms with van der Waals surface area (Å²) in [4.78, 5) is 2.59. The van der Waals surface area contributed by atoms with Crippen LogP contribution in [-0.4, -0.2) is 35.7 Å². The number of halogens is 1. The fraction of sp³-hybridized carbons (Fsp3) is 0.625. The van der Waals surface area contributed by atoms with Gasteiger partial charge in [-0.3, -0.25) is 0 Å². The van der Waals surface area contributed by atoms with Crippen LogP contribution in [0.3, 0.4) is 0 Å². The molecule has 0 aromatic heterocycles. The van der Waals surface area contributed by atoms with Crippen LogP contribution in [0, 0.1) is 5.92 Å². The zero-order chi connectivity index (χ0) is 14.1. The summed E-state index contributed by atoms with van der Waals surface area (Å²) in [6.45, 7) is 1.99. The Labute approximate surface area is 129 Å². The van der Waals surface area contributed by atoms with E-state index in [4.69, 9.17) is 0 Å². The molecular weight excluding hydrogens is 316 g/mol. The van der Waals surface area contributed by atoms with Gasteiger partial charge in [0.2, 0.25) is 0 Å². The highest BCUT2D eigenvalue weighted by Crippen LogP contribution is 2.37. The Morgan fingerprint density at radius 3 is 2.65 bits per heavy atom. The van der Waals surface area contributed by atoms with Gasteiger partial charge in [0, 0.05) is 18.6 Å². The fourth-order valence-corrected chi connectivity index (χ4v) is 4.20. The summed E-state index contributed by atoms with van der Waals surface area (Å²) >= 11 is 3.36. The second-order valence-electron chi connectivity index (χ2n) is 6.30. The van der Waals surface area contributed by atoms with Crippen molar-refractivity contribution >= 4 is 15.9 Å². The molecule has 0 saturated carbocycles. The van der Waals surface area contributed by atoms with Crippen LogP contribution in [0.15, 0.2) is 22.7 Å². The monoisotopic (exact) mass is 338 g/mol. The lowest BCUT2D eigenvalue weighted by atomic mass is 9.91. The standard InChI is InChI=1S/C16H23BrN2O/c1-19-13-3-4-14(19)7-12(6-13)10-18-9-11-2-5-16(20)15(17)8-11/h2,5,8,12-14,18,20H,3-4,6-7,9-10H2,1H3. The molecule has 2 aliphatic rings. The molecule has 2 fully saturated rings. The molecule has 1 aromatic carbocycles. The number of aromatic hydroxyl groups is 1. The molecule has 2 N–H and O–H groups in total. The lowest BCUT2D eigenvalue weighted by Crippen LogP contribution is -2.42. The SMILES string of the molecule is CN1C2CCC1CC(CNCc1ccc(O)c(Br)c1)C2. The van der Waals surface area contributed by atoms with Gasteiger partial charge in [-0.15, -0.1) is 0 Å². The van der Waals surface area contributed by atoms with Crippen molar-refractivity contribution in [2.75, 3.05) is 13.6 Å². The molecule has 2 saturated heterocycles. The normalized spacial score (nSPS) is 29.8. The van der Waals surface area contributed by atoms with Crippen molar-refractivity contribution in [1.29, 1.82) is 0 Å². The first kappa shape index (κ1) is 14.4. The molecule has 2 bridgehead atoms. The van der Waals surface area contributed by atoms with Crippen LogP contribution in [0.2, 0.25) is 0 Å². The number of phenols is 1. The average molecular weight is 339 g/mol. The summed E-state index contributed by atoms with van der Waals surface area (Å²) in [6.07, 6.45) is 5.48. The zero-order valence-electron chi connectivity index (χ0n) is 12.0. The first-order valence-corrected chi connectivity index (χ1v) is 8.33. The lowest BCUT2D eigenvalue weighted by molar-refractivity contribution is 0.133. The van der Waals surface area contributed by atoms with Crippen molar-refractivity contribution < 1.29 is 5.11 Å². The number of benzene rings is 1. The van der Waals surface area contributed by atoms with Crippen molar-refractivity contribution in [1.82, 2.24) is 10.2 Å². The van der Waals surface area contributed by atoms with Gasteiger partial charge in [0.1, 0.15) is 5.75 Å². The van der Waals surface area contributed by atoms with Gasteiger partial charge in [-0.2, -0.15) is 0 Å². The Morgan fingerprint density at radius 1 is 1.30 bits per heavy atom. The number of rotatable bonds is 4. The Hall–Kier alpha value is -0.580. The maximum atomic E-state index is 9.49. The van der Waals surface area contributed by atoms with Crippen LogP contribution in [-0.2, 0) is 6.54 Å². The molecule has 1 aromatic rings. The van der Waals surface area contributed by atoms with Crippen molar-refractivity contribution in [3.63, 3.8) is 0 Å². The topological polar surface area (TPSA) is 35.5 Å². The van der Waals surface area contributed by atoms with E-state index in [-0.39, 0.29) is 0 Å². The summed E-state index contributed by atoms with van der Waals surface area (Å²) in [5, 5.41) is 13.1. The second kappa shape index (κ2) is 6.04. The van der Waals surface area contributed by atoms with Crippen LogP contribution in [0.5, 0.6) is 5.75 Å². The van der Waals surface area contributed by atoms with Gasteiger partial charge in [-0.05, 0) is 78.8 Å². The highest BCUT2D eigenvalue weighted by atomic mass is 79.9. The smallest absolute Gasteiger partial charge is 0.129 e. The molecule has 0 radical (unpaired) electrons. The minimum Gasteiger partial charge on any atom is -0.507 e. The molecule has 0 spiro atoms. The molecular formula is C16H23BrN2O. The van der Waals surface area contributed by atoms with Gasteiger partial charge in [-0.1, -0.05) is 6.07 Å². The lowest BCUT2D eigenvalue weighted by Gasteiger charge is -2.36. The highest BCUT2D eigenvalue weighted by Gasteiger charge is 2.37. The Kier molecular flexibility index (Phi) is 4.34. The molecule has 4 heteroatoms. The summed E-state index contributed by atoms with van der Waals surface area (Å²) in [5.74, 6) is 1.13. The van der Waals surface area contributed by atoms with Crippen molar-refractivity contribution in [3.8, 4) is 5.75 Å². The third-order valence-corrected chi connectivity index (χ3v) is 5.61. The largest absolute Gasteiger partial charge is 0.507 e. The quantitative estimate of drug-likeness (QED) is 0.885. The predicted octanol–water partition coefficient (Wildman–Crippen LogP) is 3.12. The van der Waals surface area contributed by atoms with Crippen LogP contribution < -0.4 is 5.32 Å². The van der Waals surface area contributed by atoms with Crippen LogP contribution in [0.4, 0.5) is 0 Å². The van der Waals surface area contributed by atoms with E-state index in [0.717, 1.165) is 35.6 Å². The molecule has 2 aliphatic heterocycles. The predicted molar refractivity (Wildman–Crippen MR) is 84.8 cm³/mol. The summed E-state index contributed by atoms with van der Waals surface area (Å²) in [6, 6.07) is 7.36. The fourth-order valence-electron chi connectivity index (χ4n) is 3.77. The van der Waals surface area contributed by atoms with E-state index in [9.17, 15) is 5.11 Å². The number of nitrogens with one attached hydrogen (secondary N) is 1. The Balaban J connectivity index is 1.47. The minimum absolute atomic E-state index is 0.306. The van der Waals surface area contributed by atoms with Crippen molar-refractivity contribution in [3.05, 3.63) is 28.2 Å². The third-order valence-electron chi connectivity index (χ3n) is 4.97. The maximum absolute atomic E-state index is 9.49. The van der Waals surface area contributed by atoms with Gasteiger partial charge in [-0.25, -0.2) is 0 Å². The van der Waals surface area contributed by atoms with Gasteiger partial charge >= 0.3 is 0 Å². The van der Waals surface area contributed by atoms with Gasteiger partial charge < -0.3 is 15.3 Å². The molecule has 110 valence electrons. The second-order valence-corrected chi connectivity index (χ2v) is 7.16. The van der Waals surface area contributed by atoms with E-state index in [1.807, 2.05) is 12.1 Å². The van der Waals surface area contributed by atoms with Crippen LogP contribution >= 0.6 is 15.9 Å². The van der Waals surface area contributed by atoms with E-state index < -0.39 is 0 Å². The molecule has 3 nitrogen and oxygen atoms in total. The van der Waals surface area contributed by atoms with Crippen molar-refractivity contribution in [2.45, 2.75) is 44.3 Å².